The lowest BCUT2D eigenvalue weighted by molar-refractivity contribution is -0.141. The minimum atomic E-state index is -4.54. The number of anilines is 1. The van der Waals surface area contributed by atoms with Crippen LogP contribution in [0.1, 0.15) is 54.1 Å². The minimum Gasteiger partial charge on any atom is -0.383 e. The third-order valence-electron chi connectivity index (χ3n) is 7.27. The third-order valence-corrected chi connectivity index (χ3v) is 7.73. The first-order valence-electron chi connectivity index (χ1n) is 12.5. The molecule has 204 valence electrons. The highest BCUT2D eigenvalue weighted by atomic mass is 79.9. The molecule has 0 bridgehead atoms. The summed E-state index contributed by atoms with van der Waals surface area (Å²) in [4.78, 5) is 23.8. The number of alkyl halides is 3. The van der Waals surface area contributed by atoms with Crippen molar-refractivity contribution >= 4 is 33.4 Å². The van der Waals surface area contributed by atoms with Crippen molar-refractivity contribution in [2.24, 2.45) is 4.99 Å². The fourth-order valence-corrected chi connectivity index (χ4v) is 5.45. The van der Waals surface area contributed by atoms with Gasteiger partial charge in [-0.25, -0.2) is 9.37 Å². The summed E-state index contributed by atoms with van der Waals surface area (Å²) in [7, 11) is 1.60. The molecule has 2 aromatic rings. The Morgan fingerprint density at radius 2 is 1.97 bits per heavy atom. The number of hydrogen-bond donors (Lipinski definition) is 2. The lowest BCUT2D eigenvalue weighted by Crippen LogP contribution is -2.49. The zero-order valence-corrected chi connectivity index (χ0v) is 22.4. The Balaban J connectivity index is 1.36. The summed E-state index contributed by atoms with van der Waals surface area (Å²) in [6.45, 7) is 2.34. The molecule has 2 fully saturated rings. The van der Waals surface area contributed by atoms with Crippen LogP contribution in [-0.4, -0.2) is 55.6 Å². The van der Waals surface area contributed by atoms with Crippen molar-refractivity contribution in [1.29, 1.82) is 0 Å². The van der Waals surface area contributed by atoms with E-state index in [0.29, 0.717) is 66.9 Å². The van der Waals surface area contributed by atoms with Gasteiger partial charge < -0.3 is 20.3 Å². The number of nitrogens with one attached hydrogen (secondary N) is 2. The van der Waals surface area contributed by atoms with Crippen LogP contribution in [0.5, 0.6) is 0 Å². The molecule has 3 aliphatic rings. The first-order chi connectivity index (χ1) is 18.1. The molecule has 1 saturated heterocycles. The van der Waals surface area contributed by atoms with E-state index in [1.54, 1.807) is 7.11 Å². The van der Waals surface area contributed by atoms with Crippen LogP contribution in [0.25, 0.3) is 0 Å². The number of benzene rings is 1. The number of nitrogens with zero attached hydrogens (tertiary/aromatic N) is 3. The first-order valence-corrected chi connectivity index (χ1v) is 13.3. The molecule has 1 saturated carbocycles. The molecular formula is C26H28BrF4N5O2. The predicted octanol–water partition coefficient (Wildman–Crippen LogP) is 4.53. The van der Waals surface area contributed by atoms with E-state index in [-0.39, 0.29) is 23.5 Å². The number of pyridine rings is 1. The third kappa shape index (κ3) is 5.43. The molecule has 1 aromatic heterocycles. The summed E-state index contributed by atoms with van der Waals surface area (Å²) in [5, 5.41) is 6.00. The summed E-state index contributed by atoms with van der Waals surface area (Å²) in [6.07, 6.45) is -2.25. The van der Waals surface area contributed by atoms with E-state index >= 15 is 0 Å². The number of aromatic nitrogens is 1. The number of ether oxygens (including phenoxy) is 1. The van der Waals surface area contributed by atoms with E-state index in [4.69, 9.17) is 9.73 Å². The second kappa shape index (κ2) is 10.5. The van der Waals surface area contributed by atoms with Gasteiger partial charge in [0, 0.05) is 60.5 Å². The smallest absolute Gasteiger partial charge is 0.383 e. The van der Waals surface area contributed by atoms with Crippen molar-refractivity contribution < 1.29 is 27.1 Å². The SMILES string of the molecule is COCCNCc1c(F)cc(Br)cc1N1CCC2(CC1)N=C(c1ccc(C(F)(F)F)nc1C1CC1)NC2=O. The molecule has 1 aliphatic carbocycles. The number of piperidine rings is 1. The van der Waals surface area contributed by atoms with Crippen molar-refractivity contribution in [3.8, 4) is 0 Å². The number of aliphatic imine (C=N–C) groups is 1. The quantitative estimate of drug-likeness (QED) is 0.345. The summed E-state index contributed by atoms with van der Waals surface area (Å²) in [5.41, 5.74) is 0.101. The molecule has 7 nitrogen and oxygen atoms in total. The largest absolute Gasteiger partial charge is 0.433 e. The van der Waals surface area contributed by atoms with Crippen LogP contribution in [-0.2, 0) is 22.3 Å². The highest BCUT2D eigenvalue weighted by Crippen LogP contribution is 2.43. The molecule has 0 unspecified atom stereocenters. The molecule has 1 aromatic carbocycles. The molecular weight excluding hydrogens is 570 g/mol. The zero-order valence-electron chi connectivity index (χ0n) is 20.8. The summed E-state index contributed by atoms with van der Waals surface area (Å²) >= 11 is 3.38. The van der Waals surface area contributed by atoms with Crippen molar-refractivity contribution in [2.75, 3.05) is 38.3 Å². The van der Waals surface area contributed by atoms with Crippen LogP contribution in [0.15, 0.2) is 33.7 Å². The predicted molar refractivity (Wildman–Crippen MR) is 138 cm³/mol. The standard InChI is InChI=1S/C26H28BrF4N5O2/c1-38-11-8-32-14-18-19(28)12-16(27)13-20(18)36-9-6-25(7-10-36)24(37)34-23(35-25)17-4-5-21(26(29,30)31)33-22(17)15-2-3-15/h4-5,12-13,15,32H,2-3,6-11,14H2,1H3,(H,34,35,37). The fraction of sp³-hybridized carbons (Fsp3) is 0.500. The second-order valence-corrected chi connectivity index (χ2v) is 10.8. The van der Waals surface area contributed by atoms with Crippen molar-refractivity contribution in [3.63, 3.8) is 0 Å². The van der Waals surface area contributed by atoms with Gasteiger partial charge in [-0.2, -0.15) is 13.2 Å². The van der Waals surface area contributed by atoms with Gasteiger partial charge in [-0.15, -0.1) is 0 Å². The molecule has 12 heteroatoms. The topological polar surface area (TPSA) is 78.8 Å². The fourth-order valence-electron chi connectivity index (χ4n) is 5.04. The van der Waals surface area contributed by atoms with Gasteiger partial charge >= 0.3 is 6.18 Å². The molecule has 0 atom stereocenters. The molecule has 38 heavy (non-hydrogen) atoms. The number of carbonyl (C=O) groups is 1. The zero-order chi connectivity index (χ0) is 27.1. The average molecular weight is 598 g/mol. The normalized spacial score (nSPS) is 19.2. The highest BCUT2D eigenvalue weighted by Gasteiger charge is 2.47. The van der Waals surface area contributed by atoms with Crippen molar-refractivity contribution in [2.45, 2.75) is 49.9 Å². The lowest BCUT2D eigenvalue weighted by Gasteiger charge is -2.38. The Morgan fingerprint density at radius 1 is 1.24 bits per heavy atom. The van der Waals surface area contributed by atoms with Crippen LogP contribution >= 0.6 is 15.9 Å². The monoisotopic (exact) mass is 597 g/mol. The van der Waals surface area contributed by atoms with Gasteiger partial charge in [0.25, 0.3) is 5.91 Å². The van der Waals surface area contributed by atoms with Gasteiger partial charge in [-0.1, -0.05) is 15.9 Å². The van der Waals surface area contributed by atoms with Crippen LogP contribution in [0, 0.1) is 5.82 Å². The Morgan fingerprint density at radius 3 is 2.63 bits per heavy atom. The molecule has 1 spiro atoms. The van der Waals surface area contributed by atoms with E-state index in [9.17, 15) is 22.4 Å². The number of methoxy groups -OCH3 is 1. The number of hydrogen-bond acceptors (Lipinski definition) is 6. The van der Waals surface area contributed by atoms with E-state index in [1.807, 2.05) is 11.0 Å². The molecule has 1 amide bonds. The van der Waals surface area contributed by atoms with Crippen molar-refractivity contribution in [1.82, 2.24) is 15.6 Å². The summed E-state index contributed by atoms with van der Waals surface area (Å²) in [6, 6.07) is 5.60. The van der Waals surface area contributed by atoms with Crippen LogP contribution in [0.3, 0.4) is 0 Å². The minimum absolute atomic E-state index is 0.0624. The maximum atomic E-state index is 14.9. The van der Waals surface area contributed by atoms with E-state index < -0.39 is 17.4 Å². The Kier molecular flexibility index (Phi) is 7.49. The Hall–Kier alpha value is -2.57. The van der Waals surface area contributed by atoms with Gasteiger partial charge in [0.05, 0.1) is 12.3 Å². The maximum absolute atomic E-state index is 14.9. The molecule has 0 radical (unpaired) electrons. The van der Waals surface area contributed by atoms with E-state index in [0.717, 1.165) is 24.6 Å². The molecule has 2 N–H and O–H groups in total. The highest BCUT2D eigenvalue weighted by molar-refractivity contribution is 9.10. The van der Waals surface area contributed by atoms with E-state index in [2.05, 4.69) is 31.5 Å². The van der Waals surface area contributed by atoms with Crippen molar-refractivity contribution in [3.05, 3.63) is 57.1 Å². The van der Waals surface area contributed by atoms with Gasteiger partial charge in [0.1, 0.15) is 22.9 Å². The molecule has 3 heterocycles. The average Bonchev–Trinajstić information content (AvgIpc) is 3.67. The van der Waals surface area contributed by atoms with Crippen LogP contribution in [0.4, 0.5) is 23.2 Å². The van der Waals surface area contributed by atoms with E-state index in [1.165, 1.54) is 12.1 Å². The van der Waals surface area contributed by atoms with Gasteiger partial charge in [0.15, 0.2) is 0 Å². The van der Waals surface area contributed by atoms with Gasteiger partial charge in [-0.05, 0) is 49.9 Å². The number of amides is 1. The maximum Gasteiger partial charge on any atom is 0.433 e. The van der Waals surface area contributed by atoms with Gasteiger partial charge in [-0.3, -0.25) is 9.79 Å². The van der Waals surface area contributed by atoms with Crippen LogP contribution < -0.4 is 15.5 Å². The summed E-state index contributed by atoms with van der Waals surface area (Å²) in [5.74, 6) is -0.382. The van der Waals surface area contributed by atoms with Crippen LogP contribution in [0.2, 0.25) is 0 Å². The van der Waals surface area contributed by atoms with Gasteiger partial charge in [0.2, 0.25) is 0 Å². The lowest BCUT2D eigenvalue weighted by atomic mass is 9.87. The number of amidine groups is 1. The first kappa shape index (κ1) is 27.0. The second-order valence-electron chi connectivity index (χ2n) is 9.89. The molecule has 5 rings (SSSR count). The number of carbonyl (C=O) groups excluding carboxylic acids is 1. The Bertz CT molecular complexity index is 1260. The Labute approximate surface area is 226 Å². The molecule has 2 aliphatic heterocycles. The summed E-state index contributed by atoms with van der Waals surface area (Å²) < 4.78 is 60.3. The number of halogens is 5. The number of rotatable bonds is 8.